The van der Waals surface area contributed by atoms with Gasteiger partial charge in [-0.25, -0.2) is 0 Å². The maximum atomic E-state index is 13.1. The summed E-state index contributed by atoms with van der Waals surface area (Å²) >= 11 is 0. The third-order valence-corrected chi connectivity index (χ3v) is 5.51. The quantitative estimate of drug-likeness (QED) is 0.608. The number of rotatable bonds is 4. The molecule has 0 saturated heterocycles. The van der Waals surface area contributed by atoms with Crippen LogP contribution in [0.4, 0.5) is 5.69 Å². The molecule has 1 aliphatic rings. The Balaban J connectivity index is 1.46. The molecule has 28 heavy (non-hydrogen) atoms. The number of carbonyl (C=O) groups is 1. The molecule has 1 heterocycles. The van der Waals surface area contributed by atoms with Crippen molar-refractivity contribution in [3.05, 3.63) is 94.5 Å². The fourth-order valence-electron chi connectivity index (χ4n) is 3.73. The summed E-state index contributed by atoms with van der Waals surface area (Å²) in [5.41, 5.74) is 6.50. The number of anilines is 1. The van der Waals surface area contributed by atoms with Crippen molar-refractivity contribution in [2.24, 2.45) is 0 Å². The van der Waals surface area contributed by atoms with E-state index in [9.17, 15) is 4.79 Å². The number of benzene rings is 3. The summed E-state index contributed by atoms with van der Waals surface area (Å²) in [4.78, 5) is 15.0. The highest BCUT2D eigenvalue weighted by atomic mass is 16.5. The topological polar surface area (TPSA) is 29.5 Å². The van der Waals surface area contributed by atoms with Crippen LogP contribution in [-0.2, 0) is 13.0 Å². The first-order valence-corrected chi connectivity index (χ1v) is 9.73. The Bertz CT molecular complexity index is 1010. The van der Waals surface area contributed by atoms with E-state index in [0.717, 1.165) is 23.4 Å². The Labute approximate surface area is 166 Å². The molecule has 0 saturated carbocycles. The van der Waals surface area contributed by atoms with E-state index in [1.807, 2.05) is 53.4 Å². The molecule has 3 aromatic rings. The number of carbonyl (C=O) groups excluding carboxylic acids is 1. The van der Waals surface area contributed by atoms with E-state index in [0.29, 0.717) is 12.2 Å². The summed E-state index contributed by atoms with van der Waals surface area (Å²) in [7, 11) is 0. The first-order chi connectivity index (χ1) is 13.5. The molecule has 142 valence electrons. The standard InChI is InChI=1S/C25H25NO2/c1-17-8-13-23(14-18(17)2)28-16-20-9-11-21(12-10-20)25(27)26-19(3)15-22-6-4-5-7-24(22)26/h4-14,19H,15-16H2,1-3H3/t19-/m0/s1. The average molecular weight is 371 g/mol. The lowest BCUT2D eigenvalue weighted by Gasteiger charge is -2.23. The van der Waals surface area contributed by atoms with Gasteiger partial charge in [0, 0.05) is 17.3 Å². The van der Waals surface area contributed by atoms with E-state index < -0.39 is 0 Å². The van der Waals surface area contributed by atoms with Gasteiger partial charge in [-0.15, -0.1) is 0 Å². The highest BCUT2D eigenvalue weighted by Crippen LogP contribution is 2.33. The number of aryl methyl sites for hydroxylation is 2. The predicted octanol–water partition coefficient (Wildman–Crippen LogP) is 5.47. The SMILES string of the molecule is Cc1ccc(OCc2ccc(C(=O)N3c4ccccc4C[C@@H]3C)cc2)cc1C. The number of amides is 1. The molecule has 0 bridgehead atoms. The molecule has 4 rings (SSSR count). The Morgan fingerprint density at radius 3 is 2.50 bits per heavy atom. The number of para-hydroxylation sites is 1. The Kier molecular flexibility index (Phi) is 4.91. The Morgan fingerprint density at radius 1 is 1.00 bits per heavy atom. The van der Waals surface area contributed by atoms with Crippen molar-refractivity contribution in [1.82, 2.24) is 0 Å². The summed E-state index contributed by atoms with van der Waals surface area (Å²) in [5.74, 6) is 0.921. The highest BCUT2D eigenvalue weighted by Gasteiger charge is 2.31. The molecular formula is C25H25NO2. The molecule has 1 atom stereocenters. The average Bonchev–Trinajstić information content (AvgIpc) is 3.04. The van der Waals surface area contributed by atoms with Gasteiger partial charge in [0.15, 0.2) is 0 Å². The molecule has 3 nitrogen and oxygen atoms in total. The zero-order valence-corrected chi connectivity index (χ0v) is 16.6. The maximum Gasteiger partial charge on any atom is 0.258 e. The van der Waals surface area contributed by atoms with E-state index in [4.69, 9.17) is 4.74 Å². The summed E-state index contributed by atoms with van der Waals surface area (Å²) in [5, 5.41) is 0. The zero-order chi connectivity index (χ0) is 19.7. The second-order valence-corrected chi connectivity index (χ2v) is 7.59. The second kappa shape index (κ2) is 7.51. The van der Waals surface area contributed by atoms with Crippen LogP contribution in [0.15, 0.2) is 66.7 Å². The minimum Gasteiger partial charge on any atom is -0.489 e. The lowest BCUT2D eigenvalue weighted by molar-refractivity contribution is 0.0981. The maximum absolute atomic E-state index is 13.1. The molecule has 1 amide bonds. The van der Waals surface area contributed by atoms with Crippen LogP contribution in [0.5, 0.6) is 5.75 Å². The van der Waals surface area contributed by atoms with Gasteiger partial charge in [-0.05, 0) is 79.8 Å². The number of fused-ring (bicyclic) bond motifs is 1. The fourth-order valence-corrected chi connectivity index (χ4v) is 3.73. The summed E-state index contributed by atoms with van der Waals surface area (Å²) in [6, 6.07) is 22.2. The molecule has 0 spiro atoms. The van der Waals surface area contributed by atoms with Crippen molar-refractivity contribution in [2.45, 2.75) is 39.8 Å². The summed E-state index contributed by atoms with van der Waals surface area (Å²) in [6.45, 7) is 6.76. The molecule has 0 unspecified atom stereocenters. The molecule has 0 aliphatic carbocycles. The van der Waals surface area contributed by atoms with Gasteiger partial charge in [-0.1, -0.05) is 36.4 Å². The van der Waals surface area contributed by atoms with E-state index in [-0.39, 0.29) is 11.9 Å². The van der Waals surface area contributed by atoms with Crippen molar-refractivity contribution in [3.8, 4) is 5.75 Å². The number of hydrogen-bond donors (Lipinski definition) is 0. The summed E-state index contributed by atoms with van der Waals surface area (Å²) in [6.07, 6.45) is 0.907. The molecule has 3 aromatic carbocycles. The third kappa shape index (κ3) is 3.53. The first kappa shape index (κ1) is 18.3. The summed E-state index contributed by atoms with van der Waals surface area (Å²) < 4.78 is 5.90. The van der Waals surface area contributed by atoms with Crippen molar-refractivity contribution >= 4 is 11.6 Å². The lowest BCUT2D eigenvalue weighted by atomic mass is 10.1. The van der Waals surface area contributed by atoms with Crippen molar-refractivity contribution in [3.63, 3.8) is 0 Å². The first-order valence-electron chi connectivity index (χ1n) is 9.73. The van der Waals surface area contributed by atoms with Gasteiger partial charge >= 0.3 is 0 Å². The second-order valence-electron chi connectivity index (χ2n) is 7.59. The van der Waals surface area contributed by atoms with E-state index in [1.165, 1.54) is 16.7 Å². The van der Waals surface area contributed by atoms with Gasteiger partial charge < -0.3 is 9.64 Å². The van der Waals surface area contributed by atoms with Crippen molar-refractivity contribution in [2.75, 3.05) is 4.90 Å². The minimum atomic E-state index is 0.0547. The Morgan fingerprint density at radius 2 is 1.75 bits per heavy atom. The van der Waals surface area contributed by atoms with E-state index >= 15 is 0 Å². The molecule has 0 aromatic heterocycles. The number of hydrogen-bond acceptors (Lipinski definition) is 2. The molecule has 0 radical (unpaired) electrons. The number of ether oxygens (including phenoxy) is 1. The zero-order valence-electron chi connectivity index (χ0n) is 16.6. The fraction of sp³-hybridized carbons (Fsp3) is 0.240. The van der Waals surface area contributed by atoms with Gasteiger partial charge in [-0.3, -0.25) is 4.79 Å². The molecule has 0 fully saturated rings. The smallest absolute Gasteiger partial charge is 0.258 e. The Hall–Kier alpha value is -3.07. The van der Waals surface area contributed by atoms with Gasteiger partial charge in [0.2, 0.25) is 0 Å². The van der Waals surface area contributed by atoms with E-state index in [1.54, 1.807) is 0 Å². The van der Waals surface area contributed by atoms with Crippen LogP contribution in [0, 0.1) is 13.8 Å². The van der Waals surface area contributed by atoms with Crippen LogP contribution in [0.25, 0.3) is 0 Å². The van der Waals surface area contributed by atoms with Crippen LogP contribution in [0.2, 0.25) is 0 Å². The van der Waals surface area contributed by atoms with E-state index in [2.05, 4.69) is 39.0 Å². The van der Waals surface area contributed by atoms with Gasteiger partial charge in [0.05, 0.1) is 0 Å². The third-order valence-electron chi connectivity index (χ3n) is 5.51. The van der Waals surface area contributed by atoms with Crippen LogP contribution < -0.4 is 9.64 Å². The molecule has 0 N–H and O–H groups in total. The lowest BCUT2D eigenvalue weighted by Crippen LogP contribution is -2.35. The molecular weight excluding hydrogens is 346 g/mol. The predicted molar refractivity (Wildman–Crippen MR) is 113 cm³/mol. The van der Waals surface area contributed by atoms with Gasteiger partial charge in [0.1, 0.15) is 12.4 Å². The highest BCUT2D eigenvalue weighted by molar-refractivity contribution is 6.07. The molecule has 3 heteroatoms. The van der Waals surface area contributed by atoms with Crippen LogP contribution >= 0.6 is 0 Å². The monoisotopic (exact) mass is 371 g/mol. The van der Waals surface area contributed by atoms with Gasteiger partial charge in [-0.2, -0.15) is 0 Å². The normalized spacial score (nSPS) is 15.4. The minimum absolute atomic E-state index is 0.0547. The van der Waals surface area contributed by atoms with Crippen LogP contribution in [0.1, 0.15) is 39.5 Å². The van der Waals surface area contributed by atoms with Gasteiger partial charge in [0.25, 0.3) is 5.91 Å². The largest absolute Gasteiger partial charge is 0.489 e. The van der Waals surface area contributed by atoms with Crippen LogP contribution in [0.3, 0.4) is 0 Å². The van der Waals surface area contributed by atoms with Crippen LogP contribution in [-0.4, -0.2) is 11.9 Å². The van der Waals surface area contributed by atoms with Crippen molar-refractivity contribution < 1.29 is 9.53 Å². The van der Waals surface area contributed by atoms with Crippen molar-refractivity contribution in [1.29, 1.82) is 0 Å². The number of nitrogens with zero attached hydrogens (tertiary/aromatic N) is 1. The molecule has 1 aliphatic heterocycles.